The van der Waals surface area contributed by atoms with E-state index in [1.807, 2.05) is 18.2 Å². The summed E-state index contributed by atoms with van der Waals surface area (Å²) in [5, 5.41) is 11.4. The molecule has 24 heavy (non-hydrogen) atoms. The van der Waals surface area contributed by atoms with Gasteiger partial charge in [-0.05, 0) is 30.2 Å². The van der Waals surface area contributed by atoms with E-state index < -0.39 is 5.60 Å². The van der Waals surface area contributed by atoms with E-state index in [0.717, 1.165) is 5.56 Å². The smallest absolute Gasteiger partial charge is 0.316 e. The lowest BCUT2D eigenvalue weighted by Crippen LogP contribution is -2.38. The Bertz CT molecular complexity index is 755. The molecule has 126 valence electrons. The number of nitrogens with zero attached hydrogens (tertiary/aromatic N) is 3. The van der Waals surface area contributed by atoms with Gasteiger partial charge in [-0.3, -0.25) is 4.79 Å². The highest BCUT2D eigenvalue weighted by atomic mass is 35.5. The first-order valence-corrected chi connectivity index (χ1v) is 8.00. The number of ether oxygens (including phenoxy) is 1. The van der Waals surface area contributed by atoms with Gasteiger partial charge in [0.2, 0.25) is 0 Å². The Kier molecular flexibility index (Phi) is 4.69. The molecular weight excluding hydrogens is 330 g/mol. The minimum atomic E-state index is -0.961. The summed E-state index contributed by atoms with van der Waals surface area (Å²) >= 11 is 5.99. The summed E-state index contributed by atoms with van der Waals surface area (Å²) in [6, 6.07) is 9.09. The van der Waals surface area contributed by atoms with Crippen LogP contribution in [0.25, 0.3) is 0 Å². The number of hydrogen-bond acceptors (Lipinski definition) is 5. The van der Waals surface area contributed by atoms with Crippen LogP contribution in [-0.4, -0.2) is 51.7 Å². The molecule has 1 aliphatic heterocycles. The third kappa shape index (κ3) is 3.66. The van der Waals surface area contributed by atoms with Crippen molar-refractivity contribution in [2.24, 2.45) is 0 Å². The molecule has 0 spiro atoms. The number of β-amino-alcohol motifs (C(OH)–C–C–N with tert-alkyl or cyclic N) is 1. The van der Waals surface area contributed by atoms with E-state index >= 15 is 0 Å². The molecule has 1 unspecified atom stereocenters. The molecule has 1 amide bonds. The lowest BCUT2D eigenvalue weighted by atomic mass is 9.94. The number of carbonyl (C=O) groups excluding carboxylic acids is 1. The van der Waals surface area contributed by atoms with Gasteiger partial charge in [0, 0.05) is 24.2 Å². The van der Waals surface area contributed by atoms with Gasteiger partial charge < -0.3 is 14.7 Å². The minimum absolute atomic E-state index is 0.147. The number of rotatable bonds is 4. The van der Waals surface area contributed by atoms with Crippen LogP contribution in [0.5, 0.6) is 6.01 Å². The summed E-state index contributed by atoms with van der Waals surface area (Å²) in [6.45, 7) is 0.729. The monoisotopic (exact) mass is 347 g/mol. The first-order chi connectivity index (χ1) is 11.5. The predicted octanol–water partition coefficient (Wildman–Crippen LogP) is 1.96. The Morgan fingerprint density at radius 2 is 2.29 bits per heavy atom. The van der Waals surface area contributed by atoms with Gasteiger partial charge in [-0.2, -0.15) is 4.98 Å². The van der Waals surface area contributed by atoms with E-state index in [1.165, 1.54) is 13.3 Å². The van der Waals surface area contributed by atoms with Crippen LogP contribution < -0.4 is 4.74 Å². The maximum absolute atomic E-state index is 12.6. The number of methoxy groups -OCH3 is 1. The molecule has 1 atom stereocenters. The number of aromatic nitrogens is 2. The van der Waals surface area contributed by atoms with Gasteiger partial charge in [0.05, 0.1) is 19.3 Å². The number of amides is 1. The summed E-state index contributed by atoms with van der Waals surface area (Å²) in [5.41, 5.74) is 0.245. The summed E-state index contributed by atoms with van der Waals surface area (Å²) in [4.78, 5) is 22.1. The summed E-state index contributed by atoms with van der Waals surface area (Å²) in [6.07, 6.45) is 2.44. The Morgan fingerprint density at radius 1 is 1.46 bits per heavy atom. The molecule has 1 N–H and O–H groups in total. The number of aliphatic hydroxyl groups is 1. The molecule has 7 heteroatoms. The van der Waals surface area contributed by atoms with Crippen LogP contribution in [-0.2, 0) is 6.42 Å². The third-order valence-electron chi connectivity index (χ3n) is 4.08. The van der Waals surface area contributed by atoms with Crippen LogP contribution in [0.3, 0.4) is 0 Å². The number of hydrogen-bond donors (Lipinski definition) is 1. The number of halogens is 1. The quantitative estimate of drug-likeness (QED) is 0.915. The molecule has 3 rings (SSSR count). The highest BCUT2D eigenvalue weighted by molar-refractivity contribution is 6.30. The Balaban J connectivity index is 1.70. The Morgan fingerprint density at radius 3 is 3.04 bits per heavy atom. The van der Waals surface area contributed by atoms with Crippen molar-refractivity contribution in [3.63, 3.8) is 0 Å². The lowest BCUT2D eigenvalue weighted by Gasteiger charge is -2.23. The highest BCUT2D eigenvalue weighted by Gasteiger charge is 2.38. The first kappa shape index (κ1) is 16.7. The second-order valence-electron chi connectivity index (χ2n) is 5.94. The molecule has 1 aromatic heterocycles. The fourth-order valence-electron chi connectivity index (χ4n) is 2.92. The van der Waals surface area contributed by atoms with Gasteiger partial charge >= 0.3 is 6.01 Å². The number of carbonyl (C=O) groups is 1. The molecule has 0 bridgehead atoms. The summed E-state index contributed by atoms with van der Waals surface area (Å²) < 4.78 is 4.94. The van der Waals surface area contributed by atoms with Crippen LogP contribution in [0.15, 0.2) is 36.5 Å². The zero-order valence-corrected chi connectivity index (χ0v) is 14.0. The minimum Gasteiger partial charge on any atom is -0.467 e. The second kappa shape index (κ2) is 6.75. The summed E-state index contributed by atoms with van der Waals surface area (Å²) in [7, 11) is 1.45. The molecule has 0 aliphatic carbocycles. The van der Waals surface area contributed by atoms with Gasteiger partial charge in [-0.25, -0.2) is 4.98 Å². The van der Waals surface area contributed by atoms with Crippen molar-refractivity contribution < 1.29 is 14.6 Å². The zero-order valence-electron chi connectivity index (χ0n) is 13.3. The maximum Gasteiger partial charge on any atom is 0.316 e. The summed E-state index contributed by atoms with van der Waals surface area (Å²) in [5.74, 6) is -0.238. The van der Waals surface area contributed by atoms with Crippen LogP contribution >= 0.6 is 11.6 Å². The Hall–Kier alpha value is -2.18. The fraction of sp³-hybridized carbons (Fsp3) is 0.353. The van der Waals surface area contributed by atoms with Crippen molar-refractivity contribution in [3.8, 4) is 6.01 Å². The van der Waals surface area contributed by atoms with Crippen LogP contribution in [0.4, 0.5) is 0 Å². The first-order valence-electron chi connectivity index (χ1n) is 7.62. The average molecular weight is 348 g/mol. The molecule has 1 aliphatic rings. The number of likely N-dealkylation sites (tertiary alicyclic amines) is 1. The molecular formula is C17H18ClN3O3. The SMILES string of the molecule is COc1nccc(C(=O)N2CCC(O)(Cc3cccc(Cl)c3)C2)n1. The predicted molar refractivity (Wildman–Crippen MR) is 89.2 cm³/mol. The maximum atomic E-state index is 12.6. The van der Waals surface area contributed by atoms with E-state index in [-0.39, 0.29) is 24.2 Å². The van der Waals surface area contributed by atoms with Crippen LogP contribution in [0.2, 0.25) is 5.02 Å². The Labute approximate surface area is 145 Å². The van der Waals surface area contributed by atoms with Gasteiger partial charge in [-0.15, -0.1) is 0 Å². The standard InChI is InChI=1S/C17H18ClN3O3/c1-24-16-19-7-5-14(20-16)15(22)21-8-6-17(23,11-21)10-12-3-2-4-13(18)9-12/h2-5,7,9,23H,6,8,10-11H2,1H3. The van der Waals surface area contributed by atoms with E-state index in [2.05, 4.69) is 9.97 Å². The van der Waals surface area contributed by atoms with E-state index in [9.17, 15) is 9.90 Å². The third-order valence-corrected chi connectivity index (χ3v) is 4.31. The van der Waals surface area contributed by atoms with Gasteiger partial charge in [0.15, 0.2) is 0 Å². The van der Waals surface area contributed by atoms with E-state index in [0.29, 0.717) is 24.4 Å². The van der Waals surface area contributed by atoms with Crippen molar-refractivity contribution in [2.45, 2.75) is 18.4 Å². The van der Waals surface area contributed by atoms with Gasteiger partial charge in [0.1, 0.15) is 5.69 Å². The molecule has 0 radical (unpaired) electrons. The lowest BCUT2D eigenvalue weighted by molar-refractivity contribution is 0.0443. The molecule has 1 fully saturated rings. The molecule has 0 saturated carbocycles. The van der Waals surface area contributed by atoms with Crippen molar-refractivity contribution >= 4 is 17.5 Å². The average Bonchev–Trinajstić information content (AvgIpc) is 2.96. The van der Waals surface area contributed by atoms with Crippen molar-refractivity contribution in [2.75, 3.05) is 20.2 Å². The normalized spacial score (nSPS) is 20.2. The van der Waals surface area contributed by atoms with Crippen molar-refractivity contribution in [1.82, 2.24) is 14.9 Å². The zero-order chi connectivity index (χ0) is 17.2. The van der Waals surface area contributed by atoms with E-state index in [1.54, 1.807) is 17.0 Å². The molecule has 1 saturated heterocycles. The van der Waals surface area contributed by atoms with Crippen LogP contribution in [0.1, 0.15) is 22.5 Å². The molecule has 6 nitrogen and oxygen atoms in total. The largest absolute Gasteiger partial charge is 0.467 e. The van der Waals surface area contributed by atoms with Gasteiger partial charge in [-0.1, -0.05) is 23.7 Å². The fourth-order valence-corrected chi connectivity index (χ4v) is 3.13. The van der Waals surface area contributed by atoms with Crippen LogP contribution in [0, 0.1) is 0 Å². The second-order valence-corrected chi connectivity index (χ2v) is 6.37. The van der Waals surface area contributed by atoms with Gasteiger partial charge in [0.25, 0.3) is 5.91 Å². The van der Waals surface area contributed by atoms with E-state index in [4.69, 9.17) is 16.3 Å². The molecule has 2 aromatic rings. The van der Waals surface area contributed by atoms with Crippen molar-refractivity contribution in [3.05, 3.63) is 52.8 Å². The highest BCUT2D eigenvalue weighted by Crippen LogP contribution is 2.27. The number of benzene rings is 1. The molecule has 1 aromatic carbocycles. The topological polar surface area (TPSA) is 75.5 Å². The molecule has 2 heterocycles. The van der Waals surface area contributed by atoms with Crippen molar-refractivity contribution in [1.29, 1.82) is 0 Å².